The molecule has 1 N–H and O–H groups in total. The van der Waals surface area contributed by atoms with Gasteiger partial charge >= 0.3 is 0 Å². The van der Waals surface area contributed by atoms with Gasteiger partial charge in [-0.15, -0.1) is 24.0 Å². The molecule has 30 heavy (non-hydrogen) atoms. The van der Waals surface area contributed by atoms with Crippen LogP contribution in [0.1, 0.15) is 25.2 Å². The van der Waals surface area contributed by atoms with Crippen molar-refractivity contribution in [2.24, 2.45) is 4.99 Å². The predicted octanol–water partition coefficient (Wildman–Crippen LogP) is 2.94. The van der Waals surface area contributed by atoms with Crippen molar-refractivity contribution in [3.05, 3.63) is 41.7 Å². The molecule has 1 saturated heterocycles. The van der Waals surface area contributed by atoms with Crippen molar-refractivity contribution in [1.82, 2.24) is 24.5 Å². The van der Waals surface area contributed by atoms with Crippen LogP contribution < -0.4 is 10.2 Å². The van der Waals surface area contributed by atoms with Gasteiger partial charge in [-0.1, -0.05) is 37.3 Å². The van der Waals surface area contributed by atoms with Gasteiger partial charge in [0, 0.05) is 70.3 Å². The van der Waals surface area contributed by atoms with Gasteiger partial charge in [-0.2, -0.15) is 4.37 Å². The predicted molar refractivity (Wildman–Crippen MR) is 137 cm³/mol. The Morgan fingerprint density at radius 1 is 1.23 bits per heavy atom. The number of aliphatic imine (C=N–C) groups is 1. The van der Waals surface area contributed by atoms with Gasteiger partial charge in [0.1, 0.15) is 5.82 Å². The molecule has 0 aliphatic carbocycles. The van der Waals surface area contributed by atoms with Crippen LogP contribution in [0.25, 0.3) is 0 Å². The number of guanidine groups is 1. The smallest absolute Gasteiger partial charge is 0.205 e. The molecule has 7 nitrogen and oxygen atoms in total. The van der Waals surface area contributed by atoms with E-state index in [2.05, 4.69) is 85.6 Å². The van der Waals surface area contributed by atoms with Crippen LogP contribution in [-0.4, -0.2) is 78.0 Å². The molecular weight excluding hydrogens is 509 g/mol. The van der Waals surface area contributed by atoms with Crippen LogP contribution >= 0.6 is 35.5 Å². The van der Waals surface area contributed by atoms with E-state index in [1.54, 1.807) is 0 Å². The summed E-state index contributed by atoms with van der Waals surface area (Å²) in [6.45, 7) is 9.93. The van der Waals surface area contributed by atoms with Gasteiger partial charge < -0.3 is 15.1 Å². The number of aromatic nitrogens is 2. The minimum atomic E-state index is 0. The zero-order valence-corrected chi connectivity index (χ0v) is 21.6. The van der Waals surface area contributed by atoms with Crippen LogP contribution in [0, 0.1) is 0 Å². The van der Waals surface area contributed by atoms with Crippen LogP contribution in [0.15, 0.2) is 35.3 Å². The van der Waals surface area contributed by atoms with Crippen molar-refractivity contribution >= 4 is 46.6 Å². The van der Waals surface area contributed by atoms with E-state index in [1.807, 2.05) is 7.05 Å². The number of hydrogen-bond donors (Lipinski definition) is 1. The fourth-order valence-electron chi connectivity index (χ4n) is 3.38. The number of likely N-dealkylation sites (N-methyl/N-ethyl adjacent to an activating group) is 1. The normalized spacial score (nSPS) is 15.8. The van der Waals surface area contributed by atoms with Crippen LogP contribution in [0.5, 0.6) is 0 Å². The minimum Gasteiger partial charge on any atom is -0.355 e. The first-order valence-corrected chi connectivity index (χ1v) is 11.1. The van der Waals surface area contributed by atoms with E-state index in [0.29, 0.717) is 6.04 Å². The lowest BCUT2D eigenvalue weighted by molar-refractivity contribution is 0.246. The van der Waals surface area contributed by atoms with E-state index in [9.17, 15) is 0 Å². The maximum Gasteiger partial charge on any atom is 0.205 e. The molecule has 3 rings (SSSR count). The third-order valence-corrected chi connectivity index (χ3v) is 6.23. The largest absolute Gasteiger partial charge is 0.355 e. The van der Waals surface area contributed by atoms with Gasteiger partial charge in [-0.25, -0.2) is 4.98 Å². The molecule has 0 saturated carbocycles. The Labute approximate surface area is 201 Å². The Kier molecular flexibility index (Phi) is 10.3. The van der Waals surface area contributed by atoms with Gasteiger partial charge in [0.25, 0.3) is 0 Å². The number of rotatable bonds is 7. The highest BCUT2D eigenvalue weighted by Gasteiger charge is 2.22. The summed E-state index contributed by atoms with van der Waals surface area (Å²) < 4.78 is 4.41. The average molecular weight is 544 g/mol. The average Bonchev–Trinajstić information content (AvgIpc) is 3.24. The molecule has 0 amide bonds. The third-order valence-electron chi connectivity index (χ3n) is 5.42. The maximum absolute atomic E-state index is 4.62. The lowest BCUT2D eigenvalue weighted by Gasteiger charge is -2.36. The van der Waals surface area contributed by atoms with Crippen LogP contribution in [-0.2, 0) is 13.0 Å². The molecule has 166 valence electrons. The number of piperazine rings is 1. The SMILES string of the molecule is CCc1nsc(N2CCN(C(=NC)NCC(C)N(C)Cc3ccccc3)CC2)n1.I. The van der Waals surface area contributed by atoms with Crippen LogP contribution in [0.4, 0.5) is 5.13 Å². The number of hydrogen-bond acceptors (Lipinski definition) is 6. The maximum atomic E-state index is 4.62. The Balaban J connectivity index is 0.00000320. The molecule has 2 aromatic rings. The summed E-state index contributed by atoms with van der Waals surface area (Å²) in [4.78, 5) is 16.2. The molecule has 1 aliphatic heterocycles. The lowest BCUT2D eigenvalue weighted by Crippen LogP contribution is -2.54. The van der Waals surface area contributed by atoms with Crippen molar-refractivity contribution in [3.63, 3.8) is 0 Å². The highest BCUT2D eigenvalue weighted by atomic mass is 127. The second-order valence-corrected chi connectivity index (χ2v) is 8.23. The van der Waals surface area contributed by atoms with Gasteiger partial charge in [0.05, 0.1) is 0 Å². The molecule has 1 aromatic heterocycles. The summed E-state index contributed by atoms with van der Waals surface area (Å²) in [6, 6.07) is 11.0. The summed E-state index contributed by atoms with van der Waals surface area (Å²) >= 11 is 1.51. The summed E-state index contributed by atoms with van der Waals surface area (Å²) in [5.74, 6) is 1.93. The minimum absolute atomic E-state index is 0. The lowest BCUT2D eigenvalue weighted by atomic mass is 10.2. The van der Waals surface area contributed by atoms with E-state index in [4.69, 9.17) is 0 Å². The quantitative estimate of drug-likeness (QED) is 0.330. The highest BCUT2D eigenvalue weighted by Crippen LogP contribution is 2.19. The number of benzene rings is 1. The van der Waals surface area contributed by atoms with Crippen LogP contribution in [0.2, 0.25) is 0 Å². The van der Waals surface area contributed by atoms with Gasteiger partial charge in [-0.05, 0) is 19.5 Å². The number of aryl methyl sites for hydroxylation is 1. The molecule has 9 heteroatoms. The summed E-state index contributed by atoms with van der Waals surface area (Å²) in [5.41, 5.74) is 1.34. The van der Waals surface area contributed by atoms with Crippen LogP contribution in [0.3, 0.4) is 0 Å². The van der Waals surface area contributed by atoms with E-state index >= 15 is 0 Å². The van der Waals surface area contributed by atoms with Gasteiger partial charge in [0.15, 0.2) is 5.96 Å². The molecule has 1 unspecified atom stereocenters. The summed E-state index contributed by atoms with van der Waals surface area (Å²) in [7, 11) is 4.04. The Hall–Kier alpha value is -1.46. The van der Waals surface area contributed by atoms with Crippen molar-refractivity contribution in [1.29, 1.82) is 0 Å². The van der Waals surface area contributed by atoms with E-state index < -0.39 is 0 Å². The molecule has 1 fully saturated rings. The Morgan fingerprint density at radius 2 is 1.93 bits per heavy atom. The summed E-state index contributed by atoms with van der Waals surface area (Å²) in [5, 5.41) is 4.61. The fraction of sp³-hybridized carbons (Fsp3) is 0.571. The second-order valence-electron chi connectivity index (χ2n) is 7.50. The molecule has 1 aliphatic rings. The summed E-state index contributed by atoms with van der Waals surface area (Å²) in [6.07, 6.45) is 0.893. The Morgan fingerprint density at radius 3 is 2.53 bits per heavy atom. The fourth-order valence-corrected chi connectivity index (χ4v) is 4.18. The van der Waals surface area contributed by atoms with Crippen molar-refractivity contribution in [3.8, 4) is 0 Å². The Bertz CT molecular complexity index is 775. The highest BCUT2D eigenvalue weighted by molar-refractivity contribution is 14.0. The number of anilines is 1. The number of halogens is 1. The zero-order valence-electron chi connectivity index (χ0n) is 18.4. The first-order valence-electron chi connectivity index (χ1n) is 10.4. The first-order chi connectivity index (χ1) is 14.1. The molecule has 0 radical (unpaired) electrons. The second kappa shape index (κ2) is 12.4. The topological polar surface area (TPSA) is 59.9 Å². The number of nitrogens with zero attached hydrogens (tertiary/aromatic N) is 6. The molecule has 0 spiro atoms. The van der Waals surface area contributed by atoms with Crippen molar-refractivity contribution in [2.75, 3.05) is 51.7 Å². The third kappa shape index (κ3) is 6.78. The molecule has 2 heterocycles. The van der Waals surface area contributed by atoms with Crippen molar-refractivity contribution in [2.45, 2.75) is 32.9 Å². The van der Waals surface area contributed by atoms with Gasteiger partial charge in [-0.3, -0.25) is 9.89 Å². The van der Waals surface area contributed by atoms with E-state index in [1.165, 1.54) is 17.1 Å². The van der Waals surface area contributed by atoms with Gasteiger partial charge in [0.2, 0.25) is 5.13 Å². The molecule has 1 aromatic carbocycles. The number of nitrogens with one attached hydrogen (secondary N) is 1. The monoisotopic (exact) mass is 543 g/mol. The molecular formula is C21H34IN7S. The molecule has 1 atom stereocenters. The van der Waals surface area contributed by atoms with Crippen molar-refractivity contribution < 1.29 is 0 Å². The first kappa shape index (κ1) is 24.8. The zero-order chi connectivity index (χ0) is 20.6. The van der Waals surface area contributed by atoms with E-state index in [-0.39, 0.29) is 24.0 Å². The molecule has 0 bridgehead atoms. The standard InChI is InChI=1S/C21H33N7S.HI/c1-5-19-24-21(29-25-19)28-13-11-27(12-14-28)20(22-3)23-15-17(2)26(4)16-18-9-7-6-8-10-18;/h6-10,17H,5,11-16H2,1-4H3,(H,22,23);1H. The van der Waals surface area contributed by atoms with E-state index in [0.717, 1.165) is 62.6 Å².